The molecular weight excluding hydrogens is 292 g/mol. The zero-order chi connectivity index (χ0) is 16.9. The number of rotatable bonds is 6. The van der Waals surface area contributed by atoms with Crippen LogP contribution >= 0.6 is 0 Å². The molecule has 2 fully saturated rings. The topological polar surface area (TPSA) is 61.8 Å². The van der Waals surface area contributed by atoms with E-state index in [0.717, 1.165) is 44.8 Å². The SMILES string of the molecule is CC(C)(C)OC(=O)NC1CC(CCCO)CN(CC2CCC2)C1. The first-order valence-electron chi connectivity index (χ1n) is 9.18. The first kappa shape index (κ1) is 18.5. The van der Waals surface area contributed by atoms with Gasteiger partial charge in [-0.25, -0.2) is 4.79 Å². The molecule has 2 unspecified atom stereocenters. The van der Waals surface area contributed by atoms with Crippen LogP contribution in [0.15, 0.2) is 0 Å². The molecule has 0 spiro atoms. The van der Waals surface area contributed by atoms with E-state index in [9.17, 15) is 4.79 Å². The minimum absolute atomic E-state index is 0.155. The number of ether oxygens (including phenoxy) is 1. The average molecular weight is 326 g/mol. The van der Waals surface area contributed by atoms with Crippen LogP contribution in [0.1, 0.15) is 59.3 Å². The van der Waals surface area contributed by atoms with Crippen molar-refractivity contribution in [1.29, 1.82) is 0 Å². The van der Waals surface area contributed by atoms with E-state index in [1.165, 1.54) is 19.3 Å². The Kier molecular flexibility index (Phi) is 6.72. The van der Waals surface area contributed by atoms with Crippen LogP contribution in [-0.4, -0.2) is 54.0 Å². The third kappa shape index (κ3) is 6.68. The lowest BCUT2D eigenvalue weighted by Gasteiger charge is -2.41. The van der Waals surface area contributed by atoms with Gasteiger partial charge in [0.25, 0.3) is 0 Å². The minimum Gasteiger partial charge on any atom is -0.444 e. The molecule has 0 aromatic rings. The molecule has 1 saturated carbocycles. The fourth-order valence-corrected chi connectivity index (χ4v) is 3.66. The van der Waals surface area contributed by atoms with Gasteiger partial charge in [0.05, 0.1) is 0 Å². The number of aliphatic hydroxyl groups is 1. The summed E-state index contributed by atoms with van der Waals surface area (Å²) in [5.74, 6) is 1.39. The van der Waals surface area contributed by atoms with Crippen LogP contribution < -0.4 is 5.32 Å². The van der Waals surface area contributed by atoms with Crippen LogP contribution in [0.4, 0.5) is 4.79 Å². The molecule has 2 N–H and O–H groups in total. The van der Waals surface area contributed by atoms with Gasteiger partial charge in [0.1, 0.15) is 5.60 Å². The van der Waals surface area contributed by atoms with Crippen molar-refractivity contribution in [3.63, 3.8) is 0 Å². The van der Waals surface area contributed by atoms with E-state index in [1.54, 1.807) is 0 Å². The molecule has 2 atom stereocenters. The van der Waals surface area contributed by atoms with E-state index < -0.39 is 5.60 Å². The molecule has 23 heavy (non-hydrogen) atoms. The number of nitrogens with zero attached hydrogens (tertiary/aromatic N) is 1. The van der Waals surface area contributed by atoms with Crippen LogP contribution in [0.25, 0.3) is 0 Å². The lowest BCUT2D eigenvalue weighted by molar-refractivity contribution is 0.0419. The number of amides is 1. The first-order valence-corrected chi connectivity index (χ1v) is 9.18. The summed E-state index contributed by atoms with van der Waals surface area (Å²) in [5, 5.41) is 12.1. The van der Waals surface area contributed by atoms with Crippen molar-refractivity contribution < 1.29 is 14.6 Å². The molecule has 0 bridgehead atoms. The summed E-state index contributed by atoms with van der Waals surface area (Å²) in [7, 11) is 0. The maximum atomic E-state index is 12.1. The van der Waals surface area contributed by atoms with E-state index >= 15 is 0 Å². The van der Waals surface area contributed by atoms with Gasteiger partial charge in [0.15, 0.2) is 0 Å². The van der Waals surface area contributed by atoms with Crippen molar-refractivity contribution >= 4 is 6.09 Å². The molecule has 2 aliphatic rings. The van der Waals surface area contributed by atoms with E-state index in [-0.39, 0.29) is 18.7 Å². The zero-order valence-electron chi connectivity index (χ0n) is 15.0. The van der Waals surface area contributed by atoms with Crippen LogP contribution in [0, 0.1) is 11.8 Å². The Balaban J connectivity index is 1.86. The Morgan fingerprint density at radius 3 is 2.57 bits per heavy atom. The van der Waals surface area contributed by atoms with Crippen molar-refractivity contribution in [2.45, 2.75) is 70.9 Å². The van der Waals surface area contributed by atoms with Gasteiger partial charge in [-0.2, -0.15) is 0 Å². The highest BCUT2D eigenvalue weighted by molar-refractivity contribution is 5.68. The molecule has 134 valence electrons. The summed E-state index contributed by atoms with van der Waals surface area (Å²) in [6.07, 6.45) is 6.62. The molecule has 1 amide bonds. The summed E-state index contributed by atoms with van der Waals surface area (Å²) >= 11 is 0. The van der Waals surface area contributed by atoms with Crippen molar-refractivity contribution in [1.82, 2.24) is 10.2 Å². The van der Waals surface area contributed by atoms with Gasteiger partial charge in [0, 0.05) is 32.3 Å². The van der Waals surface area contributed by atoms with Gasteiger partial charge < -0.3 is 20.1 Å². The number of nitrogens with one attached hydrogen (secondary N) is 1. The normalized spacial score (nSPS) is 26.6. The van der Waals surface area contributed by atoms with Crippen LogP contribution in [0.3, 0.4) is 0 Å². The number of piperidine rings is 1. The largest absolute Gasteiger partial charge is 0.444 e. The third-order valence-corrected chi connectivity index (χ3v) is 4.85. The van der Waals surface area contributed by atoms with Gasteiger partial charge >= 0.3 is 6.09 Å². The fraction of sp³-hybridized carbons (Fsp3) is 0.944. The molecule has 0 aromatic heterocycles. The molecule has 0 aromatic carbocycles. The highest BCUT2D eigenvalue weighted by atomic mass is 16.6. The Bertz CT molecular complexity index is 377. The summed E-state index contributed by atoms with van der Waals surface area (Å²) in [6.45, 7) is 9.10. The molecule has 0 radical (unpaired) electrons. The molecule has 1 saturated heterocycles. The first-order chi connectivity index (χ1) is 10.9. The highest BCUT2D eigenvalue weighted by Crippen LogP contribution is 2.29. The number of likely N-dealkylation sites (tertiary alicyclic amines) is 1. The molecule has 1 heterocycles. The second kappa shape index (κ2) is 8.34. The quantitative estimate of drug-likeness (QED) is 0.788. The maximum Gasteiger partial charge on any atom is 0.407 e. The molecule has 2 rings (SSSR count). The maximum absolute atomic E-state index is 12.1. The van der Waals surface area contributed by atoms with Gasteiger partial charge in [0.2, 0.25) is 0 Å². The van der Waals surface area contributed by atoms with E-state index in [2.05, 4.69) is 10.2 Å². The Labute approximate surface area is 140 Å². The number of hydrogen-bond acceptors (Lipinski definition) is 4. The van der Waals surface area contributed by atoms with E-state index in [1.807, 2.05) is 20.8 Å². The number of carbonyl (C=O) groups excluding carboxylic acids is 1. The summed E-state index contributed by atoms with van der Waals surface area (Å²) in [5.41, 5.74) is -0.458. The van der Waals surface area contributed by atoms with Crippen LogP contribution in [0.2, 0.25) is 0 Å². The minimum atomic E-state index is -0.458. The van der Waals surface area contributed by atoms with Crippen LogP contribution in [-0.2, 0) is 4.74 Å². The van der Waals surface area contributed by atoms with E-state index in [4.69, 9.17) is 9.84 Å². The Hall–Kier alpha value is -0.810. The highest BCUT2D eigenvalue weighted by Gasteiger charge is 2.31. The van der Waals surface area contributed by atoms with Gasteiger partial charge in [-0.05, 0) is 64.7 Å². The lowest BCUT2D eigenvalue weighted by Crippen LogP contribution is -2.52. The van der Waals surface area contributed by atoms with Crippen molar-refractivity contribution in [2.24, 2.45) is 11.8 Å². The van der Waals surface area contributed by atoms with Crippen molar-refractivity contribution in [3.8, 4) is 0 Å². The van der Waals surface area contributed by atoms with Gasteiger partial charge in [-0.15, -0.1) is 0 Å². The molecular formula is C18H34N2O3. The predicted octanol–water partition coefficient (Wildman–Crippen LogP) is 2.77. The standard InChI is InChI=1S/C18H34N2O3/c1-18(2,3)23-17(22)19-16-10-15(8-5-9-21)12-20(13-16)11-14-6-4-7-14/h14-16,21H,4-13H2,1-3H3,(H,19,22). The molecule has 1 aliphatic carbocycles. The zero-order valence-corrected chi connectivity index (χ0v) is 15.0. The smallest absolute Gasteiger partial charge is 0.407 e. The second-order valence-corrected chi connectivity index (χ2v) is 8.33. The summed E-state index contributed by atoms with van der Waals surface area (Å²) in [4.78, 5) is 14.6. The molecule has 5 nitrogen and oxygen atoms in total. The Morgan fingerprint density at radius 2 is 2.00 bits per heavy atom. The van der Waals surface area contributed by atoms with Crippen molar-refractivity contribution in [2.75, 3.05) is 26.2 Å². The van der Waals surface area contributed by atoms with Gasteiger partial charge in [-0.1, -0.05) is 6.42 Å². The Morgan fingerprint density at radius 1 is 1.26 bits per heavy atom. The van der Waals surface area contributed by atoms with Crippen LogP contribution in [0.5, 0.6) is 0 Å². The van der Waals surface area contributed by atoms with Crippen molar-refractivity contribution in [3.05, 3.63) is 0 Å². The summed E-state index contributed by atoms with van der Waals surface area (Å²) < 4.78 is 5.40. The number of alkyl carbamates (subject to hydrolysis) is 1. The summed E-state index contributed by atoms with van der Waals surface area (Å²) in [6, 6.07) is 0.155. The predicted molar refractivity (Wildman–Crippen MR) is 91.4 cm³/mol. The van der Waals surface area contributed by atoms with E-state index in [0.29, 0.717) is 5.92 Å². The molecule has 5 heteroatoms. The molecule has 1 aliphatic heterocycles. The second-order valence-electron chi connectivity index (χ2n) is 8.33. The lowest BCUT2D eigenvalue weighted by atomic mass is 9.83. The number of aliphatic hydroxyl groups excluding tert-OH is 1. The average Bonchev–Trinajstić information content (AvgIpc) is 2.38. The number of hydrogen-bond donors (Lipinski definition) is 2. The number of carbonyl (C=O) groups is 1. The third-order valence-electron chi connectivity index (χ3n) is 4.85. The monoisotopic (exact) mass is 326 g/mol. The fourth-order valence-electron chi connectivity index (χ4n) is 3.66. The van der Waals surface area contributed by atoms with Gasteiger partial charge in [-0.3, -0.25) is 0 Å².